The van der Waals surface area contributed by atoms with Crippen molar-refractivity contribution in [3.05, 3.63) is 36.0 Å². The van der Waals surface area contributed by atoms with Crippen molar-refractivity contribution in [1.82, 2.24) is 10.3 Å². The van der Waals surface area contributed by atoms with Crippen molar-refractivity contribution in [2.45, 2.75) is 6.42 Å². The molecule has 1 heterocycles. The smallest absolute Gasteiger partial charge is 0.234 e. The van der Waals surface area contributed by atoms with Crippen molar-refractivity contribution in [2.24, 2.45) is 0 Å². The Kier molecular flexibility index (Phi) is 3.47. The molecule has 1 amide bonds. The summed E-state index contributed by atoms with van der Waals surface area (Å²) in [6.45, 7) is 0.621. The molecular formula is C12H13ClN2O. The van der Waals surface area contributed by atoms with Gasteiger partial charge in [0.05, 0.1) is 0 Å². The number of aromatic amines is 1. The lowest BCUT2D eigenvalue weighted by molar-refractivity contribution is -0.118. The zero-order valence-corrected chi connectivity index (χ0v) is 9.55. The summed E-state index contributed by atoms with van der Waals surface area (Å²) < 4.78 is 0. The molecule has 0 aliphatic rings. The number of nitrogens with one attached hydrogen (secondary N) is 2. The maximum absolute atomic E-state index is 11.0. The maximum Gasteiger partial charge on any atom is 0.234 e. The van der Waals surface area contributed by atoms with E-state index < -0.39 is 0 Å². The SMILES string of the molecule is O=C(CCl)NCCc1cccc2[nH]ccc12. The minimum Gasteiger partial charge on any atom is -0.361 e. The summed E-state index contributed by atoms with van der Waals surface area (Å²) in [5, 5.41) is 3.97. The van der Waals surface area contributed by atoms with Gasteiger partial charge < -0.3 is 10.3 Å². The van der Waals surface area contributed by atoms with E-state index in [0.717, 1.165) is 11.9 Å². The summed E-state index contributed by atoms with van der Waals surface area (Å²) in [4.78, 5) is 14.1. The average Bonchev–Trinajstić information content (AvgIpc) is 2.77. The number of carbonyl (C=O) groups is 1. The van der Waals surface area contributed by atoms with E-state index in [1.165, 1.54) is 10.9 Å². The first-order valence-corrected chi connectivity index (χ1v) is 5.72. The van der Waals surface area contributed by atoms with Gasteiger partial charge in [0.2, 0.25) is 5.91 Å². The van der Waals surface area contributed by atoms with Gasteiger partial charge >= 0.3 is 0 Å². The van der Waals surface area contributed by atoms with Crippen LogP contribution in [0.2, 0.25) is 0 Å². The van der Waals surface area contributed by atoms with Gasteiger partial charge in [-0.1, -0.05) is 12.1 Å². The lowest BCUT2D eigenvalue weighted by Gasteiger charge is -2.04. The van der Waals surface area contributed by atoms with Crippen molar-refractivity contribution in [3.8, 4) is 0 Å². The van der Waals surface area contributed by atoms with Gasteiger partial charge in [0.1, 0.15) is 5.88 Å². The minimum atomic E-state index is -0.122. The van der Waals surface area contributed by atoms with Gasteiger partial charge in [-0.05, 0) is 24.1 Å². The van der Waals surface area contributed by atoms with Crippen LogP contribution in [0.4, 0.5) is 0 Å². The fourth-order valence-electron chi connectivity index (χ4n) is 1.75. The molecule has 0 aliphatic heterocycles. The number of rotatable bonds is 4. The second-order valence-corrected chi connectivity index (χ2v) is 3.86. The second-order valence-electron chi connectivity index (χ2n) is 3.59. The molecule has 1 aromatic carbocycles. The Hall–Kier alpha value is -1.48. The number of benzene rings is 1. The van der Waals surface area contributed by atoms with E-state index in [1.54, 1.807) is 0 Å². The van der Waals surface area contributed by atoms with Crippen LogP contribution in [0.15, 0.2) is 30.5 Å². The molecule has 2 rings (SSSR count). The van der Waals surface area contributed by atoms with Crippen LogP contribution in [-0.4, -0.2) is 23.3 Å². The Morgan fingerprint density at radius 1 is 1.38 bits per heavy atom. The van der Waals surface area contributed by atoms with Crippen molar-refractivity contribution in [2.75, 3.05) is 12.4 Å². The quantitative estimate of drug-likeness (QED) is 0.785. The number of fused-ring (bicyclic) bond motifs is 1. The number of hydrogen-bond donors (Lipinski definition) is 2. The molecule has 16 heavy (non-hydrogen) atoms. The molecule has 0 fully saturated rings. The van der Waals surface area contributed by atoms with Gasteiger partial charge in [-0.2, -0.15) is 0 Å². The highest BCUT2D eigenvalue weighted by Gasteiger charge is 2.02. The van der Waals surface area contributed by atoms with Crippen molar-refractivity contribution >= 4 is 28.4 Å². The van der Waals surface area contributed by atoms with Crippen LogP contribution in [0.1, 0.15) is 5.56 Å². The summed E-state index contributed by atoms with van der Waals surface area (Å²) in [5.41, 5.74) is 2.36. The molecule has 0 aliphatic carbocycles. The summed E-state index contributed by atoms with van der Waals surface area (Å²) in [5.74, 6) is -0.100. The Morgan fingerprint density at radius 2 is 2.25 bits per heavy atom. The lowest BCUT2D eigenvalue weighted by Crippen LogP contribution is -2.26. The molecule has 0 atom stereocenters. The number of H-pyrrole nitrogens is 1. The van der Waals surface area contributed by atoms with Gasteiger partial charge in [-0.3, -0.25) is 4.79 Å². The molecule has 0 radical (unpaired) electrons. The van der Waals surface area contributed by atoms with Gasteiger partial charge in [0, 0.05) is 23.6 Å². The normalized spacial score (nSPS) is 10.6. The molecule has 84 valence electrons. The van der Waals surface area contributed by atoms with Crippen molar-refractivity contribution in [1.29, 1.82) is 0 Å². The summed E-state index contributed by atoms with van der Waals surface area (Å²) in [7, 11) is 0. The Bertz CT molecular complexity index is 492. The molecule has 0 saturated carbocycles. The molecular weight excluding hydrogens is 224 g/mol. The van der Waals surface area contributed by atoms with E-state index >= 15 is 0 Å². The number of carbonyl (C=O) groups excluding carboxylic acids is 1. The molecule has 1 aromatic heterocycles. The number of alkyl halides is 1. The molecule has 0 saturated heterocycles. The minimum absolute atomic E-state index is 0.0222. The third-order valence-electron chi connectivity index (χ3n) is 2.52. The number of amides is 1. The van der Waals surface area contributed by atoms with Crippen LogP contribution in [0.5, 0.6) is 0 Å². The molecule has 0 spiro atoms. The third-order valence-corrected chi connectivity index (χ3v) is 2.77. The van der Waals surface area contributed by atoms with Gasteiger partial charge in [0.15, 0.2) is 0 Å². The van der Waals surface area contributed by atoms with E-state index in [2.05, 4.69) is 16.4 Å². The number of hydrogen-bond acceptors (Lipinski definition) is 1. The van der Waals surface area contributed by atoms with Crippen LogP contribution in [-0.2, 0) is 11.2 Å². The van der Waals surface area contributed by atoms with E-state index in [9.17, 15) is 4.79 Å². The van der Waals surface area contributed by atoms with Gasteiger partial charge in [-0.15, -0.1) is 11.6 Å². The van der Waals surface area contributed by atoms with E-state index in [1.807, 2.05) is 24.4 Å². The fraction of sp³-hybridized carbons (Fsp3) is 0.250. The van der Waals surface area contributed by atoms with Crippen LogP contribution < -0.4 is 5.32 Å². The van der Waals surface area contributed by atoms with Crippen LogP contribution >= 0.6 is 11.6 Å². The summed E-state index contributed by atoms with van der Waals surface area (Å²) in [6.07, 6.45) is 2.74. The highest BCUT2D eigenvalue weighted by atomic mass is 35.5. The fourth-order valence-corrected chi connectivity index (χ4v) is 1.85. The first-order valence-electron chi connectivity index (χ1n) is 5.19. The Balaban J connectivity index is 2.04. The summed E-state index contributed by atoms with van der Waals surface area (Å²) in [6, 6.07) is 8.17. The highest BCUT2D eigenvalue weighted by Crippen LogP contribution is 2.17. The van der Waals surface area contributed by atoms with Gasteiger partial charge in [-0.25, -0.2) is 0 Å². The third kappa shape index (κ3) is 2.36. The second kappa shape index (κ2) is 5.03. The van der Waals surface area contributed by atoms with E-state index in [0.29, 0.717) is 6.54 Å². The van der Waals surface area contributed by atoms with Crippen molar-refractivity contribution in [3.63, 3.8) is 0 Å². The van der Waals surface area contributed by atoms with Crippen molar-refractivity contribution < 1.29 is 4.79 Å². The average molecular weight is 237 g/mol. The zero-order valence-electron chi connectivity index (χ0n) is 8.79. The predicted octanol–water partition coefficient (Wildman–Crippen LogP) is 2.07. The Labute approximate surface area is 98.8 Å². The molecule has 2 N–H and O–H groups in total. The monoisotopic (exact) mass is 236 g/mol. The van der Waals surface area contributed by atoms with E-state index in [-0.39, 0.29) is 11.8 Å². The van der Waals surface area contributed by atoms with Crippen LogP contribution in [0.3, 0.4) is 0 Å². The molecule has 0 bridgehead atoms. The molecule has 3 nitrogen and oxygen atoms in total. The maximum atomic E-state index is 11.0. The first-order chi connectivity index (χ1) is 7.81. The molecule has 4 heteroatoms. The number of aromatic nitrogens is 1. The van der Waals surface area contributed by atoms with E-state index in [4.69, 9.17) is 11.6 Å². The van der Waals surface area contributed by atoms with Gasteiger partial charge in [0.25, 0.3) is 0 Å². The number of halogens is 1. The van der Waals surface area contributed by atoms with Crippen LogP contribution in [0, 0.1) is 0 Å². The highest BCUT2D eigenvalue weighted by molar-refractivity contribution is 6.27. The molecule has 2 aromatic rings. The zero-order chi connectivity index (χ0) is 11.4. The summed E-state index contributed by atoms with van der Waals surface area (Å²) >= 11 is 5.39. The Morgan fingerprint density at radius 3 is 3.06 bits per heavy atom. The first kappa shape index (κ1) is 11.0. The lowest BCUT2D eigenvalue weighted by atomic mass is 10.1. The topological polar surface area (TPSA) is 44.9 Å². The standard InChI is InChI=1S/C12H13ClN2O/c13-8-12(16)15-6-4-9-2-1-3-11-10(9)5-7-14-11/h1-3,5,7,14H,4,6,8H2,(H,15,16). The van der Waals surface area contributed by atoms with Crippen LogP contribution in [0.25, 0.3) is 10.9 Å². The molecule has 0 unspecified atom stereocenters. The predicted molar refractivity (Wildman–Crippen MR) is 65.7 cm³/mol. The largest absolute Gasteiger partial charge is 0.361 e.